The Morgan fingerprint density at radius 3 is 2.05 bits per heavy atom. The molecule has 0 heterocycles. The van der Waals surface area contributed by atoms with E-state index >= 15 is 0 Å². The number of hydrogen-bond donors (Lipinski definition) is 1. The van der Waals surface area contributed by atoms with Crippen molar-refractivity contribution in [3.05, 3.63) is 48.1 Å². The average molecular weight is 304 g/mol. The molecule has 0 bridgehead atoms. The van der Waals surface area contributed by atoms with Gasteiger partial charge in [0.25, 0.3) is 0 Å². The first-order valence-corrected chi connectivity index (χ1v) is 8.64. The van der Waals surface area contributed by atoms with Crippen molar-refractivity contribution in [3.8, 4) is 0 Å². The number of carboxylic acids is 1. The summed E-state index contributed by atoms with van der Waals surface area (Å²) in [6, 6.07) is 0. The topological polar surface area (TPSA) is 37.3 Å². The molecule has 124 valence electrons. The first-order valence-electron chi connectivity index (χ1n) is 8.64. The fraction of sp³-hybridized carbons (Fsp3) is 0.550. The molecule has 0 unspecified atom stereocenters. The molecule has 0 aliphatic carbocycles. The smallest absolute Gasteiger partial charge is 0.331 e. The summed E-state index contributed by atoms with van der Waals surface area (Å²) in [7, 11) is 0. The Kier molecular flexibility index (Phi) is 14.7. The monoisotopic (exact) mass is 304 g/mol. The van der Waals surface area contributed by atoms with Gasteiger partial charge in [0, 0.05) is 5.57 Å². The molecule has 0 aromatic carbocycles. The Balaban J connectivity index is 3.66. The molecule has 2 heteroatoms. The van der Waals surface area contributed by atoms with Crippen LogP contribution in [0.2, 0.25) is 0 Å². The first kappa shape index (κ1) is 20.4. The van der Waals surface area contributed by atoms with Gasteiger partial charge in [0.15, 0.2) is 0 Å². The summed E-state index contributed by atoms with van der Waals surface area (Å²) < 4.78 is 0. The van der Waals surface area contributed by atoms with Gasteiger partial charge in [-0.25, -0.2) is 4.79 Å². The molecule has 2 nitrogen and oxygen atoms in total. The van der Waals surface area contributed by atoms with E-state index in [4.69, 9.17) is 5.11 Å². The minimum atomic E-state index is -0.842. The van der Waals surface area contributed by atoms with Crippen LogP contribution in [-0.4, -0.2) is 11.1 Å². The van der Waals surface area contributed by atoms with Crippen LogP contribution >= 0.6 is 0 Å². The fourth-order valence-electron chi connectivity index (χ4n) is 2.10. The SMILES string of the molecule is CCCCCCCCCC=CC=CC=CC=C(CC)C(=O)O. The molecule has 1 N–H and O–H groups in total. The standard InChI is InChI=1S/C20H32O2/c1-3-5-6-7-8-9-10-11-12-13-14-15-16-17-18-19(4-2)20(21)22/h12-18H,3-11H2,1-2H3,(H,21,22). The number of hydrogen-bond acceptors (Lipinski definition) is 1. The highest BCUT2D eigenvalue weighted by molar-refractivity contribution is 5.86. The van der Waals surface area contributed by atoms with E-state index < -0.39 is 5.97 Å². The van der Waals surface area contributed by atoms with E-state index in [1.165, 1.54) is 44.9 Å². The van der Waals surface area contributed by atoms with Crippen molar-refractivity contribution >= 4 is 5.97 Å². The van der Waals surface area contributed by atoms with Crippen LogP contribution in [-0.2, 0) is 4.79 Å². The van der Waals surface area contributed by atoms with Crippen molar-refractivity contribution in [2.75, 3.05) is 0 Å². The van der Waals surface area contributed by atoms with Crippen LogP contribution in [0.4, 0.5) is 0 Å². The van der Waals surface area contributed by atoms with Gasteiger partial charge < -0.3 is 5.11 Å². The largest absolute Gasteiger partial charge is 0.478 e. The number of carboxylic acid groups (broad SMARTS) is 1. The van der Waals surface area contributed by atoms with E-state index in [0.29, 0.717) is 12.0 Å². The summed E-state index contributed by atoms with van der Waals surface area (Å²) in [6.45, 7) is 4.09. The third kappa shape index (κ3) is 13.4. The van der Waals surface area contributed by atoms with E-state index in [-0.39, 0.29) is 0 Å². The summed E-state index contributed by atoms with van der Waals surface area (Å²) in [6.07, 6.45) is 24.5. The van der Waals surface area contributed by atoms with Crippen LogP contribution in [0.5, 0.6) is 0 Å². The summed E-state index contributed by atoms with van der Waals surface area (Å²) in [4.78, 5) is 10.8. The zero-order chi connectivity index (χ0) is 16.5. The van der Waals surface area contributed by atoms with Gasteiger partial charge in [0.05, 0.1) is 0 Å². The molecule has 0 spiro atoms. The molecular formula is C20H32O2. The van der Waals surface area contributed by atoms with Gasteiger partial charge in [-0.05, 0) is 19.3 Å². The van der Waals surface area contributed by atoms with E-state index in [1.54, 1.807) is 12.2 Å². The molecule has 0 fully saturated rings. The molecule has 22 heavy (non-hydrogen) atoms. The Labute approximate surface area is 136 Å². The maximum atomic E-state index is 10.8. The quantitative estimate of drug-likeness (QED) is 0.249. The molecule has 0 aliphatic heterocycles. The summed E-state index contributed by atoms with van der Waals surface area (Å²) in [5, 5.41) is 8.85. The van der Waals surface area contributed by atoms with E-state index in [1.807, 2.05) is 25.2 Å². The van der Waals surface area contributed by atoms with Gasteiger partial charge in [0.2, 0.25) is 0 Å². The third-order valence-electron chi connectivity index (χ3n) is 3.51. The molecule has 0 atom stereocenters. The molecule has 0 aromatic heterocycles. The first-order chi connectivity index (χ1) is 10.7. The highest BCUT2D eigenvalue weighted by Gasteiger charge is 2.00. The van der Waals surface area contributed by atoms with E-state index in [2.05, 4.69) is 19.1 Å². The Hall–Kier alpha value is -1.57. The lowest BCUT2D eigenvalue weighted by molar-refractivity contribution is -0.132. The highest BCUT2D eigenvalue weighted by atomic mass is 16.4. The molecule has 0 amide bonds. The lowest BCUT2D eigenvalue weighted by Gasteiger charge is -1.98. The fourth-order valence-corrected chi connectivity index (χ4v) is 2.10. The van der Waals surface area contributed by atoms with Crippen LogP contribution in [0.3, 0.4) is 0 Å². The van der Waals surface area contributed by atoms with Gasteiger partial charge in [-0.15, -0.1) is 0 Å². The molecule has 0 radical (unpaired) electrons. The van der Waals surface area contributed by atoms with Crippen LogP contribution in [0.1, 0.15) is 71.6 Å². The van der Waals surface area contributed by atoms with Crippen molar-refractivity contribution in [2.24, 2.45) is 0 Å². The predicted molar refractivity (Wildman–Crippen MR) is 96.0 cm³/mol. The van der Waals surface area contributed by atoms with Crippen molar-refractivity contribution in [3.63, 3.8) is 0 Å². The second-order valence-corrected chi connectivity index (χ2v) is 5.46. The summed E-state index contributed by atoms with van der Waals surface area (Å²) in [5.41, 5.74) is 0.430. The van der Waals surface area contributed by atoms with Crippen LogP contribution in [0, 0.1) is 0 Å². The van der Waals surface area contributed by atoms with Gasteiger partial charge in [-0.1, -0.05) is 94.9 Å². The van der Waals surface area contributed by atoms with E-state index in [9.17, 15) is 4.79 Å². The zero-order valence-corrected chi connectivity index (χ0v) is 14.3. The number of carbonyl (C=O) groups is 1. The maximum Gasteiger partial charge on any atom is 0.331 e. The van der Waals surface area contributed by atoms with Gasteiger partial charge in [-0.2, -0.15) is 0 Å². The van der Waals surface area contributed by atoms with Crippen molar-refractivity contribution in [1.29, 1.82) is 0 Å². The van der Waals surface area contributed by atoms with Gasteiger partial charge in [-0.3, -0.25) is 0 Å². The Morgan fingerprint density at radius 1 is 0.818 bits per heavy atom. The van der Waals surface area contributed by atoms with Gasteiger partial charge in [0.1, 0.15) is 0 Å². The number of unbranched alkanes of at least 4 members (excludes halogenated alkanes) is 7. The predicted octanol–water partition coefficient (Wildman–Crippen LogP) is 6.22. The normalized spacial score (nSPS) is 12.9. The van der Waals surface area contributed by atoms with E-state index in [0.717, 1.165) is 6.42 Å². The minimum Gasteiger partial charge on any atom is -0.478 e. The molecular weight excluding hydrogens is 272 g/mol. The van der Waals surface area contributed by atoms with Crippen LogP contribution in [0.15, 0.2) is 48.1 Å². The van der Waals surface area contributed by atoms with Crippen molar-refractivity contribution in [2.45, 2.75) is 71.6 Å². The number of rotatable bonds is 13. The lowest BCUT2D eigenvalue weighted by atomic mass is 10.1. The highest BCUT2D eigenvalue weighted by Crippen LogP contribution is 2.08. The third-order valence-corrected chi connectivity index (χ3v) is 3.51. The molecule has 0 rings (SSSR count). The molecule has 0 aliphatic rings. The van der Waals surface area contributed by atoms with Gasteiger partial charge >= 0.3 is 5.97 Å². The Bertz CT molecular complexity index is 387. The molecule has 0 saturated heterocycles. The van der Waals surface area contributed by atoms with Crippen molar-refractivity contribution in [1.82, 2.24) is 0 Å². The zero-order valence-electron chi connectivity index (χ0n) is 14.3. The second-order valence-electron chi connectivity index (χ2n) is 5.46. The lowest BCUT2D eigenvalue weighted by Crippen LogP contribution is -1.97. The second kappa shape index (κ2) is 15.8. The Morgan fingerprint density at radius 2 is 1.41 bits per heavy atom. The van der Waals surface area contributed by atoms with Crippen LogP contribution in [0.25, 0.3) is 0 Å². The summed E-state index contributed by atoms with van der Waals surface area (Å²) in [5.74, 6) is -0.842. The maximum absolute atomic E-state index is 10.8. The molecule has 0 aromatic rings. The number of allylic oxidation sites excluding steroid dienone is 7. The summed E-state index contributed by atoms with van der Waals surface area (Å²) >= 11 is 0. The minimum absolute atomic E-state index is 0.430. The average Bonchev–Trinajstić information content (AvgIpc) is 2.51. The number of aliphatic carboxylic acids is 1. The van der Waals surface area contributed by atoms with Crippen molar-refractivity contribution < 1.29 is 9.90 Å². The van der Waals surface area contributed by atoms with Crippen LogP contribution < -0.4 is 0 Å². The molecule has 0 saturated carbocycles.